The van der Waals surface area contributed by atoms with Gasteiger partial charge in [0.15, 0.2) is 0 Å². The fourth-order valence-corrected chi connectivity index (χ4v) is 6.06. The summed E-state index contributed by atoms with van der Waals surface area (Å²) in [5.41, 5.74) is 1.51. The fourth-order valence-electron chi connectivity index (χ4n) is 4.13. The predicted molar refractivity (Wildman–Crippen MR) is 135 cm³/mol. The molecule has 0 bridgehead atoms. The zero-order chi connectivity index (χ0) is 24.5. The third-order valence-electron chi connectivity index (χ3n) is 5.65. The minimum atomic E-state index is -3.43. The molecular weight excluding hydrogens is 501 g/mol. The van der Waals surface area contributed by atoms with E-state index < -0.39 is 15.9 Å². The number of benzene rings is 1. The number of ether oxygens (including phenoxy) is 1. The molecule has 1 unspecified atom stereocenters. The number of sulfonamides is 1. The lowest BCUT2D eigenvalue weighted by Crippen LogP contribution is -2.46. The zero-order valence-corrected chi connectivity index (χ0v) is 21.3. The molecule has 1 amide bonds. The maximum atomic E-state index is 13.1. The second-order valence-electron chi connectivity index (χ2n) is 8.62. The number of anilines is 3. The Morgan fingerprint density at radius 3 is 2.74 bits per heavy atom. The highest BCUT2D eigenvalue weighted by molar-refractivity contribution is 7.93. The summed E-state index contributed by atoms with van der Waals surface area (Å²) in [6.07, 6.45) is 1.87. The number of rotatable bonds is 6. The second kappa shape index (κ2) is 10.2. The van der Waals surface area contributed by atoms with E-state index in [1.165, 1.54) is 16.6 Å². The van der Waals surface area contributed by atoms with E-state index in [2.05, 4.69) is 20.1 Å². The number of likely N-dealkylation sites (N-methyl/N-ethyl adjacent to an activating group) is 1. The van der Waals surface area contributed by atoms with Gasteiger partial charge in [-0.1, -0.05) is 23.2 Å². The largest absolute Gasteiger partial charge is 0.373 e. The maximum absolute atomic E-state index is 13.1. The molecule has 9 nitrogen and oxygen atoms in total. The summed E-state index contributed by atoms with van der Waals surface area (Å²) in [6.45, 7) is 3.14. The molecule has 2 aliphatic rings. The van der Waals surface area contributed by atoms with Crippen LogP contribution in [0.3, 0.4) is 0 Å². The number of carbonyl (C=O) groups is 1. The van der Waals surface area contributed by atoms with Crippen LogP contribution in [0.4, 0.5) is 17.2 Å². The van der Waals surface area contributed by atoms with Gasteiger partial charge in [0, 0.05) is 48.8 Å². The molecule has 0 spiro atoms. The summed E-state index contributed by atoms with van der Waals surface area (Å²) in [7, 11) is 0.578. The number of hydrogen-bond acceptors (Lipinski definition) is 7. The molecule has 0 saturated carbocycles. The van der Waals surface area contributed by atoms with E-state index in [1.54, 1.807) is 6.07 Å². The summed E-state index contributed by atoms with van der Waals surface area (Å²) in [6, 6.07) is 6.76. The molecule has 2 aromatic rings. The summed E-state index contributed by atoms with van der Waals surface area (Å²) in [4.78, 5) is 21.4. The summed E-state index contributed by atoms with van der Waals surface area (Å²) in [5.74, 6) is -0.244. The Balaban J connectivity index is 1.54. The van der Waals surface area contributed by atoms with Crippen molar-refractivity contribution in [1.82, 2.24) is 9.88 Å². The number of carbonyl (C=O) groups excluding carboxylic acids is 1. The lowest BCUT2D eigenvalue weighted by atomic mass is 10.2. The molecular formula is C22H27Cl2N5O4S. The quantitative estimate of drug-likeness (QED) is 0.616. The normalized spacial score (nSPS) is 20.1. The van der Waals surface area contributed by atoms with Crippen LogP contribution in [0.2, 0.25) is 10.0 Å². The number of hydrogen-bond donors (Lipinski definition) is 1. The third kappa shape index (κ3) is 5.75. The number of nitrogens with one attached hydrogen (secondary N) is 1. The van der Waals surface area contributed by atoms with E-state index in [9.17, 15) is 13.2 Å². The molecule has 1 aromatic heterocycles. The number of amides is 1. The minimum Gasteiger partial charge on any atom is -0.373 e. The number of morpholine rings is 1. The van der Waals surface area contributed by atoms with Crippen LogP contribution in [0.15, 0.2) is 30.5 Å². The van der Waals surface area contributed by atoms with Crippen molar-refractivity contribution in [2.24, 2.45) is 0 Å². The van der Waals surface area contributed by atoms with Crippen molar-refractivity contribution >= 4 is 56.3 Å². The van der Waals surface area contributed by atoms with Gasteiger partial charge in [-0.05, 0) is 44.8 Å². The van der Waals surface area contributed by atoms with Crippen molar-refractivity contribution in [2.45, 2.75) is 12.5 Å². The fraction of sp³-hybridized carbons (Fsp3) is 0.455. The van der Waals surface area contributed by atoms with E-state index in [0.29, 0.717) is 43.4 Å². The summed E-state index contributed by atoms with van der Waals surface area (Å²) < 4.78 is 31.6. The number of aromatic nitrogens is 1. The third-order valence-corrected chi connectivity index (χ3v) is 8.02. The molecule has 2 saturated heterocycles. The maximum Gasteiger partial charge on any atom is 0.257 e. The first-order valence-electron chi connectivity index (χ1n) is 10.9. The Hall–Kier alpha value is -2.11. The molecule has 184 valence electrons. The predicted octanol–water partition coefficient (Wildman–Crippen LogP) is 2.95. The zero-order valence-electron chi connectivity index (χ0n) is 19.0. The van der Waals surface area contributed by atoms with E-state index in [0.717, 1.165) is 12.2 Å². The van der Waals surface area contributed by atoms with Crippen molar-refractivity contribution in [3.63, 3.8) is 0 Å². The highest BCUT2D eigenvalue weighted by Crippen LogP contribution is 2.29. The van der Waals surface area contributed by atoms with Crippen molar-refractivity contribution < 1.29 is 17.9 Å². The summed E-state index contributed by atoms with van der Waals surface area (Å²) >= 11 is 12.6. The van der Waals surface area contributed by atoms with Gasteiger partial charge in [-0.2, -0.15) is 0 Å². The number of halogens is 2. The Bertz CT molecular complexity index is 1180. The number of pyridine rings is 1. The van der Waals surface area contributed by atoms with Gasteiger partial charge >= 0.3 is 0 Å². The molecule has 1 N–H and O–H groups in total. The van der Waals surface area contributed by atoms with Gasteiger partial charge in [0.2, 0.25) is 10.0 Å². The van der Waals surface area contributed by atoms with Crippen molar-refractivity contribution in [2.75, 3.05) is 67.2 Å². The lowest BCUT2D eigenvalue weighted by Gasteiger charge is -2.36. The molecule has 1 aromatic carbocycles. The van der Waals surface area contributed by atoms with E-state index in [-0.39, 0.29) is 28.3 Å². The highest BCUT2D eigenvalue weighted by Gasteiger charge is 2.30. The van der Waals surface area contributed by atoms with Crippen LogP contribution >= 0.6 is 23.2 Å². The molecule has 0 radical (unpaired) electrons. The van der Waals surface area contributed by atoms with Crippen LogP contribution in [0.1, 0.15) is 16.8 Å². The first kappa shape index (κ1) is 25.0. The van der Waals surface area contributed by atoms with Crippen LogP contribution in [0, 0.1) is 0 Å². The average molecular weight is 528 g/mol. The lowest BCUT2D eigenvalue weighted by molar-refractivity contribution is 0.0248. The smallest absolute Gasteiger partial charge is 0.257 e. The van der Waals surface area contributed by atoms with Gasteiger partial charge in [-0.25, -0.2) is 13.4 Å². The minimum absolute atomic E-state index is 0.0566. The molecule has 34 heavy (non-hydrogen) atoms. The van der Waals surface area contributed by atoms with Crippen molar-refractivity contribution in [3.8, 4) is 0 Å². The van der Waals surface area contributed by atoms with Gasteiger partial charge in [0.05, 0.1) is 29.0 Å². The summed E-state index contributed by atoms with van der Waals surface area (Å²) in [5, 5.41) is 3.44. The van der Waals surface area contributed by atoms with E-state index >= 15 is 0 Å². The van der Waals surface area contributed by atoms with E-state index in [4.69, 9.17) is 27.9 Å². The number of nitrogens with zero attached hydrogens (tertiary/aromatic N) is 4. The first-order chi connectivity index (χ1) is 16.1. The van der Waals surface area contributed by atoms with Gasteiger partial charge in [0.25, 0.3) is 5.91 Å². The van der Waals surface area contributed by atoms with Crippen LogP contribution in [0.5, 0.6) is 0 Å². The average Bonchev–Trinajstić information content (AvgIpc) is 3.12. The molecule has 1 atom stereocenters. The Morgan fingerprint density at radius 1 is 1.24 bits per heavy atom. The van der Waals surface area contributed by atoms with Crippen molar-refractivity contribution in [3.05, 3.63) is 46.1 Å². The molecule has 2 fully saturated rings. The van der Waals surface area contributed by atoms with Gasteiger partial charge in [0.1, 0.15) is 5.82 Å². The van der Waals surface area contributed by atoms with Crippen LogP contribution in [-0.2, 0) is 14.8 Å². The van der Waals surface area contributed by atoms with Crippen LogP contribution in [0.25, 0.3) is 0 Å². The van der Waals surface area contributed by atoms with Gasteiger partial charge in [-0.15, -0.1) is 0 Å². The Morgan fingerprint density at radius 2 is 2.03 bits per heavy atom. The monoisotopic (exact) mass is 527 g/mol. The molecule has 4 rings (SSSR count). The van der Waals surface area contributed by atoms with Crippen LogP contribution < -0.4 is 14.5 Å². The standard InChI is InChI=1S/C22H27Cl2N5O4S/c1-27(2)13-18-14-28(5-6-33-18)17-9-15(23)8-16(10-17)26-22(30)19-11-21(25-12-20(19)24)29-4-3-7-34(29,31)32/h8-12,18H,3-7,13-14H2,1-2H3,(H,26,30). The molecule has 2 aliphatic heterocycles. The van der Waals surface area contributed by atoms with Gasteiger partial charge < -0.3 is 19.9 Å². The topological polar surface area (TPSA) is 95.1 Å². The first-order valence-corrected chi connectivity index (χ1v) is 13.3. The Labute approximate surface area is 209 Å². The molecule has 3 heterocycles. The second-order valence-corrected chi connectivity index (χ2v) is 11.5. The van der Waals surface area contributed by atoms with Gasteiger partial charge in [-0.3, -0.25) is 9.10 Å². The molecule has 0 aliphatic carbocycles. The SMILES string of the molecule is CN(C)CC1CN(c2cc(Cl)cc(NC(=O)c3cc(N4CCCS4(=O)=O)ncc3Cl)c2)CCO1. The van der Waals surface area contributed by atoms with E-state index in [1.807, 2.05) is 26.2 Å². The Kier molecular flexibility index (Phi) is 7.54. The molecule has 12 heteroatoms. The highest BCUT2D eigenvalue weighted by atomic mass is 35.5. The van der Waals surface area contributed by atoms with Crippen molar-refractivity contribution in [1.29, 1.82) is 0 Å². The van der Waals surface area contributed by atoms with Crippen LogP contribution in [-0.4, -0.2) is 82.9 Å².